The van der Waals surface area contributed by atoms with E-state index in [0.29, 0.717) is 13.1 Å². The Kier molecular flexibility index (Phi) is 6.47. The number of nitrogens with zero attached hydrogens (tertiary/aromatic N) is 1. The summed E-state index contributed by atoms with van der Waals surface area (Å²) in [5.74, 6) is -1.20. The van der Waals surface area contributed by atoms with Crippen molar-refractivity contribution in [2.24, 2.45) is 5.73 Å². The number of nitrogens with two attached hydrogens (primary N) is 1. The van der Waals surface area contributed by atoms with Crippen LogP contribution in [0.4, 0.5) is 0 Å². The van der Waals surface area contributed by atoms with E-state index in [1.54, 1.807) is 4.90 Å². The molecule has 5 nitrogen and oxygen atoms in total. The van der Waals surface area contributed by atoms with Crippen LogP contribution < -0.4 is 5.73 Å². The molecule has 0 aromatic heterocycles. The second-order valence-corrected chi connectivity index (χ2v) is 8.05. The fourth-order valence-electron chi connectivity index (χ4n) is 4.04. The Morgan fingerprint density at radius 3 is 2.28 bits per heavy atom. The molecule has 1 amide bonds. The maximum atomic E-state index is 13.3. The first-order chi connectivity index (χ1) is 15.5. The molecule has 1 atom stereocenters. The number of benzene rings is 4. The highest BCUT2D eigenvalue weighted by atomic mass is 16.4. The van der Waals surface area contributed by atoms with Crippen molar-refractivity contribution in [3.8, 4) is 0 Å². The van der Waals surface area contributed by atoms with Gasteiger partial charge in [-0.25, -0.2) is 0 Å². The molecule has 32 heavy (non-hydrogen) atoms. The number of hydrogen-bond acceptors (Lipinski definition) is 3. The Morgan fingerprint density at radius 2 is 1.50 bits per heavy atom. The fraction of sp³-hybridized carbons (Fsp3) is 0.185. The largest absolute Gasteiger partial charge is 0.481 e. The van der Waals surface area contributed by atoms with Crippen LogP contribution in [0.25, 0.3) is 21.5 Å². The molecular weight excluding hydrogens is 400 g/mol. The minimum atomic E-state index is -0.955. The Balaban J connectivity index is 1.65. The third-order valence-corrected chi connectivity index (χ3v) is 5.73. The molecular formula is C27H26N2O3. The number of carbonyl (C=O) groups is 2. The third kappa shape index (κ3) is 4.95. The van der Waals surface area contributed by atoms with Gasteiger partial charge in [0.1, 0.15) is 0 Å². The molecule has 5 heteroatoms. The average molecular weight is 427 g/mol. The van der Waals surface area contributed by atoms with E-state index >= 15 is 0 Å². The van der Waals surface area contributed by atoms with Gasteiger partial charge in [0, 0.05) is 19.5 Å². The normalized spacial score (nSPS) is 12.0. The van der Waals surface area contributed by atoms with Crippen LogP contribution in [-0.2, 0) is 22.7 Å². The number of fused-ring (bicyclic) bond motifs is 2. The van der Waals surface area contributed by atoms with Crippen molar-refractivity contribution < 1.29 is 14.7 Å². The number of carbonyl (C=O) groups excluding carboxylic acids is 1. The lowest BCUT2D eigenvalue weighted by atomic mass is 10.0. The molecule has 0 spiro atoms. The first-order valence-corrected chi connectivity index (χ1v) is 10.7. The van der Waals surface area contributed by atoms with Gasteiger partial charge in [0.05, 0.1) is 6.04 Å². The Hall–Kier alpha value is -3.70. The Labute approximate surface area is 187 Å². The van der Waals surface area contributed by atoms with Crippen molar-refractivity contribution in [3.05, 3.63) is 96.1 Å². The van der Waals surface area contributed by atoms with Gasteiger partial charge in [-0.15, -0.1) is 0 Å². The van der Waals surface area contributed by atoms with Crippen molar-refractivity contribution in [1.82, 2.24) is 4.90 Å². The molecule has 0 fully saturated rings. The van der Waals surface area contributed by atoms with E-state index in [0.717, 1.165) is 32.7 Å². The molecule has 0 bridgehead atoms. The van der Waals surface area contributed by atoms with Gasteiger partial charge < -0.3 is 15.7 Å². The molecule has 4 aromatic carbocycles. The van der Waals surface area contributed by atoms with Gasteiger partial charge in [-0.3, -0.25) is 9.59 Å². The van der Waals surface area contributed by atoms with Crippen LogP contribution in [0.5, 0.6) is 0 Å². The van der Waals surface area contributed by atoms with Gasteiger partial charge in [-0.1, -0.05) is 78.9 Å². The number of amides is 1. The second kappa shape index (κ2) is 9.62. The van der Waals surface area contributed by atoms with Crippen LogP contribution in [0.1, 0.15) is 24.0 Å². The van der Waals surface area contributed by atoms with Gasteiger partial charge in [-0.2, -0.15) is 0 Å². The summed E-state index contributed by atoms with van der Waals surface area (Å²) in [7, 11) is 0. The molecule has 0 saturated carbocycles. The van der Waals surface area contributed by atoms with Crippen LogP contribution in [0, 0.1) is 0 Å². The molecule has 4 rings (SSSR count). The number of aliphatic carboxylic acids is 1. The minimum absolute atomic E-state index is 0.109. The quantitative estimate of drug-likeness (QED) is 0.427. The first-order valence-electron chi connectivity index (χ1n) is 10.7. The number of carboxylic acids is 1. The molecule has 0 radical (unpaired) electrons. The minimum Gasteiger partial charge on any atom is -0.481 e. The highest BCUT2D eigenvalue weighted by Crippen LogP contribution is 2.23. The summed E-state index contributed by atoms with van der Waals surface area (Å²) in [6.45, 7) is 0.793. The Bertz CT molecular complexity index is 1260. The zero-order valence-corrected chi connectivity index (χ0v) is 17.8. The van der Waals surface area contributed by atoms with Crippen LogP contribution >= 0.6 is 0 Å². The first kappa shape index (κ1) is 21.5. The van der Waals surface area contributed by atoms with Gasteiger partial charge >= 0.3 is 5.97 Å². The summed E-state index contributed by atoms with van der Waals surface area (Å²) < 4.78 is 0. The lowest BCUT2D eigenvalue weighted by Gasteiger charge is -2.27. The summed E-state index contributed by atoms with van der Waals surface area (Å²) >= 11 is 0. The topological polar surface area (TPSA) is 83.6 Å². The standard InChI is InChI=1S/C27H26N2O3/c28-25(14-15-26(30)31)27(32)29(17-19-12-13-20-6-1-2-8-22(20)16-19)18-23-10-5-9-21-7-3-4-11-24(21)23/h1-13,16,25H,14-15,17-18,28H2,(H,30,31)/t25-/m1/s1. The maximum Gasteiger partial charge on any atom is 0.303 e. The molecule has 3 N–H and O–H groups in total. The Morgan fingerprint density at radius 1 is 0.812 bits per heavy atom. The van der Waals surface area contributed by atoms with Crippen LogP contribution in [0.15, 0.2) is 84.9 Å². The summed E-state index contributed by atoms with van der Waals surface area (Å²) in [6, 6.07) is 27.5. The van der Waals surface area contributed by atoms with Crippen LogP contribution in [0.2, 0.25) is 0 Å². The zero-order chi connectivity index (χ0) is 22.5. The maximum absolute atomic E-state index is 13.3. The monoisotopic (exact) mass is 426 g/mol. The zero-order valence-electron chi connectivity index (χ0n) is 17.8. The molecule has 0 unspecified atom stereocenters. The molecule has 4 aromatic rings. The molecule has 0 aliphatic carbocycles. The van der Waals surface area contributed by atoms with Crippen molar-refractivity contribution >= 4 is 33.4 Å². The van der Waals surface area contributed by atoms with Gasteiger partial charge in [-0.05, 0) is 45.2 Å². The summed E-state index contributed by atoms with van der Waals surface area (Å²) in [5, 5.41) is 13.4. The van der Waals surface area contributed by atoms with E-state index in [2.05, 4.69) is 18.2 Å². The van der Waals surface area contributed by atoms with E-state index in [9.17, 15) is 9.59 Å². The van der Waals surface area contributed by atoms with Gasteiger partial charge in [0.2, 0.25) is 5.91 Å². The van der Waals surface area contributed by atoms with E-state index in [-0.39, 0.29) is 18.7 Å². The van der Waals surface area contributed by atoms with Crippen LogP contribution in [-0.4, -0.2) is 27.9 Å². The second-order valence-electron chi connectivity index (χ2n) is 8.05. The summed E-state index contributed by atoms with van der Waals surface area (Å²) in [4.78, 5) is 26.0. The highest BCUT2D eigenvalue weighted by Gasteiger charge is 2.23. The van der Waals surface area contributed by atoms with E-state index < -0.39 is 12.0 Å². The molecule has 0 aliphatic rings. The molecule has 162 valence electrons. The average Bonchev–Trinajstić information content (AvgIpc) is 2.81. The van der Waals surface area contributed by atoms with Gasteiger partial charge in [0.15, 0.2) is 0 Å². The number of carboxylic acid groups (broad SMARTS) is 1. The molecule has 0 saturated heterocycles. The van der Waals surface area contributed by atoms with Crippen molar-refractivity contribution in [3.63, 3.8) is 0 Å². The van der Waals surface area contributed by atoms with E-state index in [1.165, 1.54) is 0 Å². The SMILES string of the molecule is N[C@H](CCC(=O)O)C(=O)N(Cc1ccc2ccccc2c1)Cc1cccc2ccccc12. The van der Waals surface area contributed by atoms with Gasteiger partial charge in [0.25, 0.3) is 0 Å². The van der Waals surface area contributed by atoms with Crippen LogP contribution in [0.3, 0.4) is 0 Å². The predicted octanol–water partition coefficient (Wildman–Crippen LogP) is 4.71. The fourth-order valence-corrected chi connectivity index (χ4v) is 4.04. The number of rotatable bonds is 8. The molecule has 0 aliphatic heterocycles. The lowest BCUT2D eigenvalue weighted by Crippen LogP contribution is -2.43. The summed E-state index contributed by atoms with van der Waals surface area (Å²) in [5.41, 5.74) is 8.16. The smallest absolute Gasteiger partial charge is 0.303 e. The van der Waals surface area contributed by atoms with Crippen molar-refractivity contribution in [2.45, 2.75) is 32.0 Å². The van der Waals surface area contributed by atoms with Crippen molar-refractivity contribution in [2.75, 3.05) is 0 Å². The lowest BCUT2D eigenvalue weighted by molar-refractivity contribution is -0.138. The van der Waals surface area contributed by atoms with Crippen molar-refractivity contribution in [1.29, 1.82) is 0 Å². The van der Waals surface area contributed by atoms with E-state index in [1.807, 2.05) is 66.7 Å². The molecule has 0 heterocycles. The predicted molar refractivity (Wildman–Crippen MR) is 127 cm³/mol. The van der Waals surface area contributed by atoms with E-state index in [4.69, 9.17) is 10.8 Å². The third-order valence-electron chi connectivity index (χ3n) is 5.73. The number of hydrogen-bond donors (Lipinski definition) is 2. The highest BCUT2D eigenvalue weighted by molar-refractivity contribution is 5.87. The summed E-state index contributed by atoms with van der Waals surface area (Å²) in [6.07, 6.45) is -0.0249.